The fourth-order valence-electron chi connectivity index (χ4n) is 7.40. The van der Waals surface area contributed by atoms with Gasteiger partial charge in [-0.1, -0.05) is 52.4 Å². The summed E-state index contributed by atoms with van der Waals surface area (Å²) in [5, 5.41) is 0. The third-order valence-corrected chi connectivity index (χ3v) is 8.03. The molecule has 0 saturated heterocycles. The first kappa shape index (κ1) is 14.6. The van der Waals surface area contributed by atoms with Crippen LogP contribution in [0.2, 0.25) is 0 Å². The molecule has 120 valence electrons. The molecule has 7 unspecified atom stereocenters. The Morgan fingerprint density at radius 3 is 1.90 bits per heavy atom. The van der Waals surface area contributed by atoms with Gasteiger partial charge in [-0.2, -0.15) is 0 Å². The molecule has 21 heavy (non-hydrogen) atoms. The van der Waals surface area contributed by atoms with E-state index in [0.29, 0.717) is 0 Å². The average Bonchev–Trinajstić information content (AvgIpc) is 2.79. The highest BCUT2D eigenvalue weighted by molar-refractivity contribution is 5.03. The van der Waals surface area contributed by atoms with Crippen LogP contribution in [0.4, 0.5) is 0 Å². The second-order valence-electron chi connectivity index (χ2n) is 9.51. The van der Waals surface area contributed by atoms with Gasteiger partial charge in [0.1, 0.15) is 0 Å². The van der Waals surface area contributed by atoms with E-state index in [-0.39, 0.29) is 0 Å². The highest BCUT2D eigenvalue weighted by Crippen LogP contribution is 2.61. The van der Waals surface area contributed by atoms with Gasteiger partial charge in [0, 0.05) is 0 Å². The van der Waals surface area contributed by atoms with E-state index in [1.165, 1.54) is 0 Å². The van der Waals surface area contributed by atoms with E-state index in [1.54, 1.807) is 70.6 Å². The molecule has 0 heterocycles. The minimum absolute atomic E-state index is 0.917. The SMILES string of the molecule is CC(C)CC1C2CCCCC2C2CC3CCCCC3CC12. The van der Waals surface area contributed by atoms with Crippen molar-refractivity contribution in [3.63, 3.8) is 0 Å². The highest BCUT2D eigenvalue weighted by atomic mass is 14.6. The van der Waals surface area contributed by atoms with Crippen LogP contribution in [0.1, 0.15) is 84.5 Å². The van der Waals surface area contributed by atoms with E-state index < -0.39 is 0 Å². The molecule has 0 spiro atoms. The Hall–Kier alpha value is 0. The number of fused-ring (bicyclic) bond motifs is 4. The Balaban J connectivity index is 1.57. The van der Waals surface area contributed by atoms with Gasteiger partial charge < -0.3 is 0 Å². The Morgan fingerprint density at radius 2 is 1.24 bits per heavy atom. The molecule has 0 bridgehead atoms. The minimum Gasteiger partial charge on any atom is -0.0628 e. The second kappa shape index (κ2) is 5.89. The summed E-state index contributed by atoms with van der Waals surface area (Å²) in [4.78, 5) is 0. The quantitative estimate of drug-likeness (QED) is 0.559. The molecular formula is C21H36. The van der Waals surface area contributed by atoms with Crippen molar-refractivity contribution >= 4 is 0 Å². The predicted octanol–water partition coefficient (Wildman–Crippen LogP) is 6.30. The summed E-state index contributed by atoms with van der Waals surface area (Å²) in [5.41, 5.74) is 0. The largest absolute Gasteiger partial charge is 0.0628 e. The molecule has 0 aromatic heterocycles. The average molecular weight is 289 g/mol. The predicted molar refractivity (Wildman–Crippen MR) is 90.1 cm³/mol. The summed E-state index contributed by atoms with van der Waals surface area (Å²) in [6, 6.07) is 0. The molecule has 4 aliphatic rings. The van der Waals surface area contributed by atoms with Gasteiger partial charge >= 0.3 is 0 Å². The molecule has 0 radical (unpaired) electrons. The van der Waals surface area contributed by atoms with Crippen molar-refractivity contribution in [2.45, 2.75) is 84.5 Å². The Kier molecular flexibility index (Phi) is 4.09. The number of hydrogen-bond acceptors (Lipinski definition) is 0. The van der Waals surface area contributed by atoms with Crippen molar-refractivity contribution in [1.82, 2.24) is 0 Å². The maximum Gasteiger partial charge on any atom is -0.0349 e. The van der Waals surface area contributed by atoms with Crippen LogP contribution in [0.15, 0.2) is 0 Å². The van der Waals surface area contributed by atoms with E-state index in [0.717, 1.165) is 47.3 Å². The molecule has 0 aromatic rings. The zero-order valence-electron chi connectivity index (χ0n) is 14.4. The van der Waals surface area contributed by atoms with Crippen LogP contribution in [0, 0.1) is 47.3 Å². The van der Waals surface area contributed by atoms with Crippen LogP contribution >= 0.6 is 0 Å². The summed E-state index contributed by atoms with van der Waals surface area (Å²) < 4.78 is 0. The van der Waals surface area contributed by atoms with Crippen LogP contribution < -0.4 is 0 Å². The molecule has 7 atom stereocenters. The molecule has 4 rings (SSSR count). The van der Waals surface area contributed by atoms with Gasteiger partial charge in [-0.3, -0.25) is 0 Å². The van der Waals surface area contributed by atoms with E-state index in [9.17, 15) is 0 Å². The van der Waals surface area contributed by atoms with Gasteiger partial charge in [-0.05, 0) is 79.4 Å². The second-order valence-corrected chi connectivity index (χ2v) is 9.51. The van der Waals surface area contributed by atoms with Gasteiger partial charge in [-0.25, -0.2) is 0 Å². The van der Waals surface area contributed by atoms with E-state index in [1.807, 2.05) is 0 Å². The lowest BCUT2D eigenvalue weighted by Gasteiger charge is -2.44. The number of rotatable bonds is 2. The van der Waals surface area contributed by atoms with Crippen LogP contribution in [0.25, 0.3) is 0 Å². The van der Waals surface area contributed by atoms with Crippen molar-refractivity contribution in [2.24, 2.45) is 47.3 Å². The van der Waals surface area contributed by atoms with E-state index in [4.69, 9.17) is 0 Å². The summed E-state index contributed by atoms with van der Waals surface area (Å²) >= 11 is 0. The van der Waals surface area contributed by atoms with Gasteiger partial charge in [0.25, 0.3) is 0 Å². The molecule has 0 aromatic carbocycles. The topological polar surface area (TPSA) is 0 Å². The first-order valence-corrected chi connectivity index (χ1v) is 10.2. The maximum atomic E-state index is 2.47. The lowest BCUT2D eigenvalue weighted by molar-refractivity contribution is 0.0591. The summed E-state index contributed by atoms with van der Waals surface area (Å²) in [6.07, 6.45) is 17.3. The first-order chi connectivity index (χ1) is 10.2. The molecule has 0 N–H and O–H groups in total. The molecular weight excluding hydrogens is 252 g/mol. The molecule has 0 heteroatoms. The van der Waals surface area contributed by atoms with Crippen molar-refractivity contribution in [3.8, 4) is 0 Å². The van der Waals surface area contributed by atoms with Crippen LogP contribution in [0.5, 0.6) is 0 Å². The molecule has 4 saturated carbocycles. The third-order valence-electron chi connectivity index (χ3n) is 8.03. The molecule has 4 aliphatic carbocycles. The normalized spacial score (nSPS) is 49.6. The number of hydrogen-bond donors (Lipinski definition) is 0. The fraction of sp³-hybridized carbons (Fsp3) is 1.00. The first-order valence-electron chi connectivity index (χ1n) is 10.2. The Morgan fingerprint density at radius 1 is 0.667 bits per heavy atom. The fourth-order valence-corrected chi connectivity index (χ4v) is 7.40. The Labute approximate surface area is 132 Å². The van der Waals surface area contributed by atoms with E-state index in [2.05, 4.69) is 13.8 Å². The summed E-state index contributed by atoms with van der Waals surface area (Å²) in [5.74, 6) is 8.88. The lowest BCUT2D eigenvalue weighted by Crippen LogP contribution is -2.35. The van der Waals surface area contributed by atoms with Gasteiger partial charge in [0.15, 0.2) is 0 Å². The van der Waals surface area contributed by atoms with Crippen LogP contribution in [-0.4, -0.2) is 0 Å². The van der Waals surface area contributed by atoms with Crippen molar-refractivity contribution < 1.29 is 0 Å². The van der Waals surface area contributed by atoms with Crippen molar-refractivity contribution in [3.05, 3.63) is 0 Å². The minimum atomic E-state index is 0.917. The van der Waals surface area contributed by atoms with E-state index >= 15 is 0 Å². The van der Waals surface area contributed by atoms with Gasteiger partial charge in [0.2, 0.25) is 0 Å². The highest BCUT2D eigenvalue weighted by Gasteiger charge is 2.53. The van der Waals surface area contributed by atoms with Gasteiger partial charge in [0.05, 0.1) is 0 Å². The standard InChI is InChI=1S/C21H36/c1-14(2)11-19-17-9-5-6-10-18(17)20-12-15-7-3-4-8-16(15)13-21(19)20/h14-21H,3-13H2,1-2H3. The maximum absolute atomic E-state index is 2.47. The zero-order valence-corrected chi connectivity index (χ0v) is 14.4. The Bertz CT molecular complexity index is 357. The molecule has 0 amide bonds. The van der Waals surface area contributed by atoms with Crippen molar-refractivity contribution in [1.29, 1.82) is 0 Å². The molecule has 4 fully saturated rings. The monoisotopic (exact) mass is 288 g/mol. The summed E-state index contributed by atoms with van der Waals surface area (Å²) in [6.45, 7) is 4.94. The molecule has 0 aliphatic heterocycles. The van der Waals surface area contributed by atoms with Gasteiger partial charge in [-0.15, -0.1) is 0 Å². The van der Waals surface area contributed by atoms with Crippen LogP contribution in [-0.2, 0) is 0 Å². The zero-order chi connectivity index (χ0) is 14.4. The van der Waals surface area contributed by atoms with Crippen molar-refractivity contribution in [2.75, 3.05) is 0 Å². The third kappa shape index (κ3) is 2.59. The van der Waals surface area contributed by atoms with Crippen LogP contribution in [0.3, 0.4) is 0 Å². The lowest BCUT2D eigenvalue weighted by atomic mass is 9.61. The smallest absolute Gasteiger partial charge is 0.0349 e. The summed E-state index contributed by atoms with van der Waals surface area (Å²) in [7, 11) is 0. The molecule has 0 nitrogen and oxygen atoms in total.